The van der Waals surface area contributed by atoms with Gasteiger partial charge < -0.3 is 29.7 Å². The topological polar surface area (TPSA) is 114 Å². The first-order valence-corrected chi connectivity index (χ1v) is 10.3. The van der Waals surface area contributed by atoms with Crippen LogP contribution < -0.4 is 20.3 Å². The predicted octanol–water partition coefficient (Wildman–Crippen LogP) is 1.94. The van der Waals surface area contributed by atoms with Gasteiger partial charge in [-0.3, -0.25) is 10.2 Å². The molecule has 0 amide bonds. The van der Waals surface area contributed by atoms with Crippen molar-refractivity contribution >= 4 is 23.2 Å². The molecule has 0 spiro atoms. The number of benzene rings is 1. The molecule has 1 aromatic carbocycles. The lowest BCUT2D eigenvalue weighted by molar-refractivity contribution is -0.143. The van der Waals surface area contributed by atoms with Crippen LogP contribution in [-0.4, -0.2) is 63.3 Å². The first-order valence-electron chi connectivity index (χ1n) is 10.3. The first kappa shape index (κ1) is 23.3. The number of anilines is 2. The van der Waals surface area contributed by atoms with E-state index >= 15 is 4.39 Å². The quantitative estimate of drug-likeness (QED) is 0.247. The van der Waals surface area contributed by atoms with Crippen LogP contribution in [0.3, 0.4) is 0 Å². The molecule has 0 radical (unpaired) electrons. The molecule has 1 aromatic heterocycles. The van der Waals surface area contributed by atoms with Crippen molar-refractivity contribution in [3.8, 4) is 5.88 Å². The summed E-state index contributed by atoms with van der Waals surface area (Å²) in [6.07, 6.45) is 1.40. The summed E-state index contributed by atoms with van der Waals surface area (Å²) in [6.45, 7) is 3.40. The number of halogens is 1. The van der Waals surface area contributed by atoms with Crippen molar-refractivity contribution in [3.63, 3.8) is 0 Å². The van der Waals surface area contributed by atoms with Gasteiger partial charge in [-0.25, -0.2) is 9.37 Å². The number of carbonyl (C=O) groups excluding carboxylic acids is 1. The second kappa shape index (κ2) is 11.3. The van der Waals surface area contributed by atoms with Gasteiger partial charge in [0.2, 0.25) is 5.88 Å². The minimum Gasteiger partial charge on any atom is -0.475 e. The van der Waals surface area contributed by atoms with Crippen LogP contribution in [0.4, 0.5) is 15.8 Å². The number of nitrogens with one attached hydrogen (secondary N) is 1. The molecule has 1 aliphatic heterocycles. The predicted molar refractivity (Wildman–Crippen MR) is 119 cm³/mol. The molecule has 32 heavy (non-hydrogen) atoms. The molecule has 0 saturated carbocycles. The third-order valence-corrected chi connectivity index (χ3v) is 5.02. The molecule has 0 bridgehead atoms. The number of pyridine rings is 1. The Kier molecular flexibility index (Phi) is 8.20. The van der Waals surface area contributed by atoms with Crippen molar-refractivity contribution in [2.45, 2.75) is 13.0 Å². The molecule has 9 nitrogen and oxygen atoms in total. The van der Waals surface area contributed by atoms with Gasteiger partial charge in [0.1, 0.15) is 25.5 Å². The summed E-state index contributed by atoms with van der Waals surface area (Å²) in [6, 6.07) is 8.86. The molecule has 3 rings (SSSR count). The number of nitrogens with zero attached hydrogens (tertiary/aromatic N) is 3. The van der Waals surface area contributed by atoms with Crippen LogP contribution in [0.25, 0.3) is 0 Å². The van der Waals surface area contributed by atoms with E-state index in [1.54, 1.807) is 31.5 Å². The summed E-state index contributed by atoms with van der Waals surface area (Å²) < 4.78 is 30.6. The zero-order valence-electron chi connectivity index (χ0n) is 18.1. The highest BCUT2D eigenvalue weighted by molar-refractivity contribution is 5.94. The maximum Gasteiger partial charge on any atom is 0.313 e. The van der Waals surface area contributed by atoms with Gasteiger partial charge in [0.25, 0.3) is 0 Å². The number of carbonyl (C=O) groups is 1. The van der Waals surface area contributed by atoms with Crippen LogP contribution >= 0.6 is 0 Å². The molecular formula is C22H28FN5O4. The molecule has 172 valence electrons. The van der Waals surface area contributed by atoms with Crippen LogP contribution in [0, 0.1) is 11.2 Å². The fraction of sp³-hybridized carbons (Fsp3) is 0.409. The highest BCUT2D eigenvalue weighted by atomic mass is 19.1. The summed E-state index contributed by atoms with van der Waals surface area (Å²) in [7, 11) is 1.62. The lowest BCUT2D eigenvalue weighted by Crippen LogP contribution is -2.46. The molecule has 2 aromatic rings. The molecule has 0 aliphatic carbocycles. The van der Waals surface area contributed by atoms with Crippen LogP contribution in [0.1, 0.15) is 12.0 Å². The number of amidine groups is 1. The van der Waals surface area contributed by atoms with Crippen molar-refractivity contribution in [1.82, 2.24) is 4.98 Å². The highest BCUT2D eigenvalue weighted by Crippen LogP contribution is 2.26. The zero-order chi connectivity index (χ0) is 22.9. The Morgan fingerprint density at radius 1 is 1.19 bits per heavy atom. The second-order valence-corrected chi connectivity index (χ2v) is 7.28. The number of hydrogen-bond acceptors (Lipinski definition) is 8. The minimum atomic E-state index is -0.654. The highest BCUT2D eigenvalue weighted by Gasteiger charge is 2.22. The van der Waals surface area contributed by atoms with E-state index in [-0.39, 0.29) is 24.4 Å². The average Bonchev–Trinajstić information content (AvgIpc) is 2.78. The lowest BCUT2D eigenvalue weighted by Gasteiger charge is -2.37. The average molecular weight is 445 g/mol. The Hall–Kier alpha value is -3.40. The van der Waals surface area contributed by atoms with Gasteiger partial charge in [-0.15, -0.1) is 0 Å². The third kappa shape index (κ3) is 6.30. The minimum absolute atomic E-state index is 0.200. The van der Waals surface area contributed by atoms with E-state index in [1.807, 2.05) is 17.0 Å². The molecule has 3 N–H and O–H groups in total. The van der Waals surface area contributed by atoms with Gasteiger partial charge in [-0.05, 0) is 12.1 Å². The lowest BCUT2D eigenvalue weighted by atomic mass is 10.1. The van der Waals surface area contributed by atoms with Gasteiger partial charge in [0.05, 0.1) is 12.3 Å². The van der Waals surface area contributed by atoms with E-state index in [1.165, 1.54) is 0 Å². The largest absolute Gasteiger partial charge is 0.475 e. The summed E-state index contributed by atoms with van der Waals surface area (Å²) in [5.74, 6) is -0.807. The molecule has 1 fully saturated rings. The molecule has 1 saturated heterocycles. The Bertz CT molecular complexity index is 934. The van der Waals surface area contributed by atoms with Gasteiger partial charge in [-0.1, -0.05) is 12.1 Å². The fourth-order valence-electron chi connectivity index (χ4n) is 3.40. The van der Waals surface area contributed by atoms with Gasteiger partial charge in [-0.2, -0.15) is 0 Å². The normalized spacial score (nSPS) is 13.7. The van der Waals surface area contributed by atoms with Gasteiger partial charge in [0.15, 0.2) is 5.82 Å². The number of methoxy groups -OCH3 is 1. The maximum atomic E-state index is 15.0. The third-order valence-electron chi connectivity index (χ3n) is 5.02. The van der Waals surface area contributed by atoms with Crippen molar-refractivity contribution < 1.29 is 23.4 Å². The number of piperazine rings is 1. The summed E-state index contributed by atoms with van der Waals surface area (Å²) in [4.78, 5) is 20.0. The second-order valence-electron chi connectivity index (χ2n) is 7.28. The van der Waals surface area contributed by atoms with Crippen molar-refractivity contribution in [3.05, 3.63) is 47.9 Å². The number of ether oxygens (including phenoxy) is 3. The van der Waals surface area contributed by atoms with E-state index < -0.39 is 11.8 Å². The maximum absolute atomic E-state index is 15.0. The van der Waals surface area contributed by atoms with E-state index in [0.29, 0.717) is 51.0 Å². The molecule has 2 heterocycles. The van der Waals surface area contributed by atoms with Crippen LogP contribution in [-0.2, 0) is 20.9 Å². The smallest absolute Gasteiger partial charge is 0.313 e. The molecule has 0 atom stereocenters. The van der Waals surface area contributed by atoms with E-state index in [2.05, 4.69) is 9.88 Å². The number of aromatic nitrogens is 1. The van der Waals surface area contributed by atoms with Crippen LogP contribution in [0.2, 0.25) is 0 Å². The zero-order valence-corrected chi connectivity index (χ0v) is 18.1. The molecule has 10 heteroatoms. The van der Waals surface area contributed by atoms with Gasteiger partial charge in [0, 0.05) is 56.8 Å². The molecule has 0 unspecified atom stereocenters. The van der Waals surface area contributed by atoms with E-state index in [9.17, 15) is 4.79 Å². The summed E-state index contributed by atoms with van der Waals surface area (Å²) in [5.41, 5.74) is 6.94. The number of nitrogens with two attached hydrogens (primary N) is 1. The van der Waals surface area contributed by atoms with E-state index in [0.717, 1.165) is 5.69 Å². The van der Waals surface area contributed by atoms with Crippen LogP contribution in [0.5, 0.6) is 5.88 Å². The Labute approximate surface area is 186 Å². The standard InChI is InChI=1S/C22H28FN5O4/c1-30-11-12-31-20-13-17(5-6-26-20)27-7-9-28(10-8-27)18-4-2-3-16(22(18)23)15-32-21(29)14-19(24)25/h2-6,13H,7-12,14-15H2,1H3,(H3,24,25). The van der Waals surface area contributed by atoms with Crippen LogP contribution in [0.15, 0.2) is 36.5 Å². The Morgan fingerprint density at radius 3 is 2.66 bits per heavy atom. The van der Waals surface area contributed by atoms with Crippen molar-refractivity contribution in [2.24, 2.45) is 5.73 Å². The van der Waals surface area contributed by atoms with E-state index in [4.69, 9.17) is 25.4 Å². The number of esters is 1. The number of rotatable bonds is 10. The molecular weight excluding hydrogens is 417 g/mol. The summed E-state index contributed by atoms with van der Waals surface area (Å²) in [5, 5.41) is 7.12. The Balaban J connectivity index is 1.59. The van der Waals surface area contributed by atoms with Crippen molar-refractivity contribution in [1.29, 1.82) is 5.41 Å². The Morgan fingerprint density at radius 2 is 1.94 bits per heavy atom. The monoisotopic (exact) mass is 445 g/mol. The summed E-state index contributed by atoms with van der Waals surface area (Å²) >= 11 is 0. The van der Waals surface area contributed by atoms with Crippen molar-refractivity contribution in [2.75, 3.05) is 56.3 Å². The first-order chi connectivity index (χ1) is 15.5. The fourth-order valence-corrected chi connectivity index (χ4v) is 3.40. The van der Waals surface area contributed by atoms with Gasteiger partial charge >= 0.3 is 5.97 Å². The number of hydrogen-bond donors (Lipinski definition) is 2. The SMILES string of the molecule is COCCOc1cc(N2CCN(c3cccc(COC(=O)CC(=N)N)c3F)CC2)ccn1. The molecule has 1 aliphatic rings.